The van der Waals surface area contributed by atoms with Crippen LogP contribution in [-0.2, 0) is 4.79 Å². The second kappa shape index (κ2) is 4.84. The quantitative estimate of drug-likeness (QED) is 0.816. The molecule has 0 aromatic carbocycles. The Balaban J connectivity index is 2.21. The minimum absolute atomic E-state index is 0.0154. The second-order valence-electron chi connectivity index (χ2n) is 6.83. The molecular formula is C15H28N2O. The fourth-order valence-corrected chi connectivity index (χ4v) is 3.27. The van der Waals surface area contributed by atoms with Crippen LogP contribution in [0.25, 0.3) is 0 Å². The van der Waals surface area contributed by atoms with Crippen LogP contribution in [0.5, 0.6) is 0 Å². The van der Waals surface area contributed by atoms with Crippen LogP contribution in [0.3, 0.4) is 0 Å². The molecule has 1 aliphatic heterocycles. The van der Waals surface area contributed by atoms with Crippen molar-refractivity contribution in [1.82, 2.24) is 10.2 Å². The van der Waals surface area contributed by atoms with E-state index in [0.29, 0.717) is 17.7 Å². The summed E-state index contributed by atoms with van der Waals surface area (Å²) in [6.07, 6.45) is 4.79. The zero-order valence-electron chi connectivity index (χ0n) is 12.5. The summed E-state index contributed by atoms with van der Waals surface area (Å²) >= 11 is 0. The summed E-state index contributed by atoms with van der Waals surface area (Å²) in [4.78, 5) is 14.8. The summed E-state index contributed by atoms with van der Waals surface area (Å²) < 4.78 is 0. The van der Waals surface area contributed by atoms with E-state index in [0.717, 1.165) is 12.8 Å². The maximum atomic E-state index is 12.7. The molecule has 3 heteroatoms. The molecule has 0 aromatic rings. The van der Waals surface area contributed by atoms with Crippen molar-refractivity contribution in [3.05, 3.63) is 0 Å². The number of amides is 1. The third-order valence-corrected chi connectivity index (χ3v) is 4.59. The Bertz CT molecular complexity index is 320. The van der Waals surface area contributed by atoms with Crippen molar-refractivity contribution in [2.75, 3.05) is 0 Å². The number of nitrogens with one attached hydrogen (secondary N) is 1. The van der Waals surface area contributed by atoms with Gasteiger partial charge in [-0.05, 0) is 44.9 Å². The van der Waals surface area contributed by atoms with Crippen LogP contribution < -0.4 is 5.32 Å². The lowest BCUT2D eigenvalue weighted by Crippen LogP contribution is -2.54. The molecule has 0 aromatic heterocycles. The van der Waals surface area contributed by atoms with E-state index in [-0.39, 0.29) is 17.7 Å². The summed E-state index contributed by atoms with van der Waals surface area (Å²) in [5.41, 5.74) is 0.0154. The molecule has 0 spiro atoms. The molecule has 1 saturated carbocycles. The Morgan fingerprint density at radius 3 is 2.44 bits per heavy atom. The number of hydrogen-bond donors (Lipinski definition) is 1. The first-order valence-corrected chi connectivity index (χ1v) is 7.48. The standard InChI is InChI=1S/C15H28N2O/c1-6-7-12-14(18)17(13(16-12)10(2)3)15(4,5)11-8-9-11/h10-13,16H,6-9H2,1-5H3. The van der Waals surface area contributed by atoms with Gasteiger partial charge in [-0.1, -0.05) is 27.2 Å². The largest absolute Gasteiger partial charge is 0.320 e. The van der Waals surface area contributed by atoms with Gasteiger partial charge in [0.1, 0.15) is 0 Å². The summed E-state index contributed by atoms with van der Waals surface area (Å²) in [5.74, 6) is 1.49. The summed E-state index contributed by atoms with van der Waals surface area (Å²) in [7, 11) is 0. The number of carbonyl (C=O) groups excluding carboxylic acids is 1. The fourth-order valence-electron chi connectivity index (χ4n) is 3.27. The van der Waals surface area contributed by atoms with Gasteiger partial charge < -0.3 is 4.90 Å². The molecule has 2 unspecified atom stereocenters. The van der Waals surface area contributed by atoms with Crippen molar-refractivity contribution in [1.29, 1.82) is 0 Å². The Morgan fingerprint density at radius 1 is 1.39 bits per heavy atom. The Morgan fingerprint density at radius 2 is 2.00 bits per heavy atom. The van der Waals surface area contributed by atoms with E-state index in [9.17, 15) is 4.79 Å². The maximum absolute atomic E-state index is 12.7. The van der Waals surface area contributed by atoms with Crippen molar-refractivity contribution < 1.29 is 4.79 Å². The van der Waals surface area contributed by atoms with Crippen LogP contribution in [0.2, 0.25) is 0 Å². The highest BCUT2D eigenvalue weighted by atomic mass is 16.2. The summed E-state index contributed by atoms with van der Waals surface area (Å²) in [5, 5.41) is 3.56. The van der Waals surface area contributed by atoms with Gasteiger partial charge in [-0.25, -0.2) is 0 Å². The van der Waals surface area contributed by atoms with E-state index < -0.39 is 0 Å². The first-order valence-electron chi connectivity index (χ1n) is 7.48. The zero-order valence-corrected chi connectivity index (χ0v) is 12.5. The molecule has 2 aliphatic rings. The average molecular weight is 252 g/mol. The zero-order chi connectivity index (χ0) is 13.5. The van der Waals surface area contributed by atoms with E-state index in [1.165, 1.54) is 12.8 Å². The number of hydrogen-bond acceptors (Lipinski definition) is 2. The highest BCUT2D eigenvalue weighted by Gasteiger charge is 2.51. The van der Waals surface area contributed by atoms with E-state index in [4.69, 9.17) is 0 Å². The van der Waals surface area contributed by atoms with Crippen molar-refractivity contribution in [2.24, 2.45) is 11.8 Å². The molecule has 1 heterocycles. The van der Waals surface area contributed by atoms with E-state index in [2.05, 4.69) is 44.8 Å². The first-order chi connectivity index (χ1) is 8.39. The van der Waals surface area contributed by atoms with Crippen molar-refractivity contribution in [2.45, 2.75) is 78.0 Å². The maximum Gasteiger partial charge on any atom is 0.241 e. The smallest absolute Gasteiger partial charge is 0.241 e. The highest BCUT2D eigenvalue weighted by Crippen LogP contribution is 2.45. The molecule has 104 valence electrons. The molecule has 0 bridgehead atoms. The van der Waals surface area contributed by atoms with Gasteiger partial charge >= 0.3 is 0 Å². The van der Waals surface area contributed by atoms with Gasteiger partial charge in [0.25, 0.3) is 0 Å². The lowest BCUT2D eigenvalue weighted by molar-refractivity contribution is -0.137. The molecule has 1 aliphatic carbocycles. The predicted octanol–water partition coefficient (Wildman–Crippen LogP) is 2.76. The van der Waals surface area contributed by atoms with Crippen LogP contribution in [-0.4, -0.2) is 28.6 Å². The highest BCUT2D eigenvalue weighted by molar-refractivity contribution is 5.85. The topological polar surface area (TPSA) is 32.3 Å². The van der Waals surface area contributed by atoms with Crippen LogP contribution >= 0.6 is 0 Å². The Labute approximate surface area is 111 Å². The molecule has 2 atom stereocenters. The number of rotatable bonds is 5. The van der Waals surface area contributed by atoms with E-state index >= 15 is 0 Å². The van der Waals surface area contributed by atoms with Gasteiger partial charge in [0.05, 0.1) is 12.2 Å². The molecule has 1 N–H and O–H groups in total. The van der Waals surface area contributed by atoms with Crippen molar-refractivity contribution in [3.63, 3.8) is 0 Å². The predicted molar refractivity (Wildman–Crippen MR) is 74.1 cm³/mol. The van der Waals surface area contributed by atoms with Gasteiger partial charge in [-0.15, -0.1) is 0 Å². The SMILES string of the molecule is CCCC1NC(C(C)C)N(C(C)(C)C2CC2)C1=O. The molecule has 3 nitrogen and oxygen atoms in total. The first kappa shape index (κ1) is 13.9. The van der Waals surface area contributed by atoms with Crippen LogP contribution in [0.1, 0.15) is 60.3 Å². The molecule has 2 fully saturated rings. The third kappa shape index (κ3) is 2.29. The van der Waals surface area contributed by atoms with Crippen LogP contribution in [0.15, 0.2) is 0 Å². The second-order valence-corrected chi connectivity index (χ2v) is 6.83. The Kier molecular flexibility index (Phi) is 3.72. The van der Waals surface area contributed by atoms with Gasteiger partial charge in [-0.3, -0.25) is 10.1 Å². The lowest BCUT2D eigenvalue weighted by atomic mass is 9.93. The van der Waals surface area contributed by atoms with Crippen LogP contribution in [0, 0.1) is 11.8 Å². The normalized spacial score (nSPS) is 29.4. The number of nitrogens with zero attached hydrogens (tertiary/aromatic N) is 1. The van der Waals surface area contributed by atoms with Crippen LogP contribution in [0.4, 0.5) is 0 Å². The lowest BCUT2D eigenvalue weighted by Gasteiger charge is -2.41. The molecule has 1 saturated heterocycles. The summed E-state index contributed by atoms with van der Waals surface area (Å²) in [6, 6.07) is 0.0421. The molecule has 2 rings (SSSR count). The fraction of sp³-hybridized carbons (Fsp3) is 0.933. The minimum Gasteiger partial charge on any atom is -0.320 e. The van der Waals surface area contributed by atoms with Gasteiger partial charge in [0.15, 0.2) is 0 Å². The minimum atomic E-state index is 0.0154. The summed E-state index contributed by atoms with van der Waals surface area (Å²) in [6.45, 7) is 11.0. The third-order valence-electron chi connectivity index (χ3n) is 4.59. The monoisotopic (exact) mass is 252 g/mol. The average Bonchev–Trinajstić information content (AvgIpc) is 3.06. The molecule has 1 amide bonds. The van der Waals surface area contributed by atoms with Crippen molar-refractivity contribution in [3.8, 4) is 0 Å². The van der Waals surface area contributed by atoms with Crippen molar-refractivity contribution >= 4 is 5.91 Å². The number of carbonyl (C=O) groups is 1. The van der Waals surface area contributed by atoms with E-state index in [1.54, 1.807) is 0 Å². The van der Waals surface area contributed by atoms with Gasteiger partial charge in [-0.2, -0.15) is 0 Å². The molecule has 18 heavy (non-hydrogen) atoms. The molecular weight excluding hydrogens is 224 g/mol. The van der Waals surface area contributed by atoms with E-state index in [1.807, 2.05) is 0 Å². The molecule has 0 radical (unpaired) electrons. The van der Waals surface area contributed by atoms with Gasteiger partial charge in [0.2, 0.25) is 5.91 Å². The van der Waals surface area contributed by atoms with Gasteiger partial charge in [0, 0.05) is 5.54 Å². The Hall–Kier alpha value is -0.570.